The average Bonchev–Trinajstić information content (AvgIpc) is 2.78. The number of hydrogen-bond acceptors (Lipinski definition) is 2. The molecule has 3 heteroatoms. The molecule has 3 rings (SSSR count). The van der Waals surface area contributed by atoms with Crippen LogP contribution >= 0.6 is 0 Å². The van der Waals surface area contributed by atoms with Gasteiger partial charge in [-0.15, -0.1) is 0 Å². The van der Waals surface area contributed by atoms with Crippen molar-refractivity contribution >= 4 is 0 Å². The molecule has 2 N–H and O–H groups in total. The summed E-state index contributed by atoms with van der Waals surface area (Å²) in [6, 6.07) is 6.68. The number of aliphatic hydroxyl groups is 1. The van der Waals surface area contributed by atoms with E-state index >= 15 is 0 Å². The van der Waals surface area contributed by atoms with Crippen LogP contribution in [0.3, 0.4) is 0 Å². The number of hydrogen-bond donors (Lipinski definition) is 2. The van der Waals surface area contributed by atoms with Crippen molar-refractivity contribution in [3.8, 4) is 0 Å². The maximum absolute atomic E-state index is 14.0. The molecule has 1 saturated carbocycles. The minimum Gasteiger partial charge on any atom is -0.385 e. The molecule has 0 aromatic heterocycles. The Hall–Kier alpha value is -0.930. The van der Waals surface area contributed by atoms with Crippen molar-refractivity contribution < 1.29 is 9.50 Å². The first kappa shape index (κ1) is 12.1. The summed E-state index contributed by atoms with van der Waals surface area (Å²) in [6.45, 7) is 3.90. The molecule has 2 aliphatic rings. The largest absolute Gasteiger partial charge is 0.385 e. The molecule has 0 unspecified atom stereocenters. The van der Waals surface area contributed by atoms with Crippen LogP contribution in [0.1, 0.15) is 25.3 Å². The predicted molar refractivity (Wildman–Crippen MR) is 68.5 cm³/mol. The summed E-state index contributed by atoms with van der Waals surface area (Å²) < 4.78 is 14.0. The molecule has 1 aliphatic heterocycles. The highest BCUT2D eigenvalue weighted by molar-refractivity contribution is 5.27. The van der Waals surface area contributed by atoms with Gasteiger partial charge in [-0.25, -0.2) is 4.39 Å². The van der Waals surface area contributed by atoms with Crippen molar-refractivity contribution in [3.05, 3.63) is 35.6 Å². The van der Waals surface area contributed by atoms with Gasteiger partial charge in [0.1, 0.15) is 5.82 Å². The highest BCUT2D eigenvalue weighted by atomic mass is 19.1. The lowest BCUT2D eigenvalue weighted by Gasteiger charge is -2.44. The van der Waals surface area contributed by atoms with Gasteiger partial charge in [0.05, 0.1) is 5.60 Å². The van der Waals surface area contributed by atoms with E-state index in [0.29, 0.717) is 23.8 Å². The van der Waals surface area contributed by atoms with Crippen LogP contribution in [-0.4, -0.2) is 18.2 Å². The summed E-state index contributed by atoms with van der Waals surface area (Å²) >= 11 is 0. The normalized spacial score (nSPS) is 39.6. The molecular weight excluding hydrogens is 229 g/mol. The Morgan fingerprint density at radius 1 is 1.33 bits per heavy atom. The van der Waals surface area contributed by atoms with E-state index in [0.717, 1.165) is 19.5 Å². The van der Waals surface area contributed by atoms with Gasteiger partial charge in [-0.1, -0.05) is 25.1 Å². The third-order valence-electron chi connectivity index (χ3n) is 4.66. The van der Waals surface area contributed by atoms with E-state index in [4.69, 9.17) is 0 Å². The molecule has 0 amide bonds. The van der Waals surface area contributed by atoms with Crippen molar-refractivity contribution in [1.82, 2.24) is 5.32 Å². The van der Waals surface area contributed by atoms with E-state index in [9.17, 15) is 9.50 Å². The van der Waals surface area contributed by atoms with Gasteiger partial charge in [-0.3, -0.25) is 0 Å². The van der Waals surface area contributed by atoms with Crippen LogP contribution in [0.2, 0.25) is 0 Å². The monoisotopic (exact) mass is 249 g/mol. The molecule has 1 aromatic rings. The molecule has 18 heavy (non-hydrogen) atoms. The van der Waals surface area contributed by atoms with Crippen molar-refractivity contribution in [3.63, 3.8) is 0 Å². The highest BCUT2D eigenvalue weighted by Gasteiger charge is 2.50. The van der Waals surface area contributed by atoms with Crippen molar-refractivity contribution in [2.45, 2.75) is 25.4 Å². The van der Waals surface area contributed by atoms with Crippen molar-refractivity contribution in [2.75, 3.05) is 13.1 Å². The first-order chi connectivity index (χ1) is 8.61. The quantitative estimate of drug-likeness (QED) is 0.800. The van der Waals surface area contributed by atoms with Crippen LogP contribution in [0, 0.1) is 23.6 Å². The lowest BCUT2D eigenvalue weighted by Crippen LogP contribution is -2.45. The minimum absolute atomic E-state index is 0.144. The van der Waals surface area contributed by atoms with Gasteiger partial charge in [0.15, 0.2) is 0 Å². The molecule has 2 nitrogen and oxygen atoms in total. The Balaban J connectivity index is 2.03. The maximum atomic E-state index is 14.0. The Morgan fingerprint density at radius 3 is 2.89 bits per heavy atom. The third kappa shape index (κ3) is 1.77. The zero-order valence-corrected chi connectivity index (χ0v) is 10.7. The van der Waals surface area contributed by atoms with Gasteiger partial charge in [-0.2, -0.15) is 0 Å². The Kier molecular flexibility index (Phi) is 2.91. The van der Waals surface area contributed by atoms with Crippen LogP contribution < -0.4 is 5.32 Å². The summed E-state index contributed by atoms with van der Waals surface area (Å²) in [5, 5.41) is 14.4. The van der Waals surface area contributed by atoms with E-state index in [1.54, 1.807) is 12.1 Å². The lowest BCUT2D eigenvalue weighted by atomic mass is 9.64. The number of halogens is 1. The molecular formula is C15H20FNO. The van der Waals surface area contributed by atoms with Crippen LogP contribution in [-0.2, 0) is 5.60 Å². The molecule has 1 saturated heterocycles. The fourth-order valence-corrected chi connectivity index (χ4v) is 3.94. The van der Waals surface area contributed by atoms with Crippen LogP contribution in [0.5, 0.6) is 0 Å². The standard InChI is InChI=1S/C15H20FNO/c1-10-6-11-8-17-9-13(11)15(18,7-10)12-4-2-3-5-14(12)16/h2-5,10-11,13,17-18H,6-9H2,1H3/t10-,11+,13-,15-/m1/s1. The zero-order chi connectivity index (χ0) is 12.8. The first-order valence-electron chi connectivity index (χ1n) is 6.79. The van der Waals surface area contributed by atoms with E-state index in [2.05, 4.69) is 12.2 Å². The summed E-state index contributed by atoms with van der Waals surface area (Å²) in [5.41, 5.74) is -0.521. The summed E-state index contributed by atoms with van der Waals surface area (Å²) in [4.78, 5) is 0. The smallest absolute Gasteiger partial charge is 0.129 e. The minimum atomic E-state index is -1.00. The third-order valence-corrected chi connectivity index (χ3v) is 4.66. The topological polar surface area (TPSA) is 32.3 Å². The molecule has 0 spiro atoms. The van der Waals surface area contributed by atoms with E-state index in [1.807, 2.05) is 6.07 Å². The van der Waals surface area contributed by atoms with Gasteiger partial charge in [-0.05, 0) is 37.3 Å². The molecule has 2 fully saturated rings. The van der Waals surface area contributed by atoms with Crippen molar-refractivity contribution in [2.24, 2.45) is 17.8 Å². The Bertz CT molecular complexity index is 450. The lowest BCUT2D eigenvalue weighted by molar-refractivity contribution is -0.0821. The SMILES string of the molecule is C[C@@H]1C[C@H]2CNC[C@H]2[C@](O)(c2ccccc2F)C1. The average molecular weight is 249 g/mol. The molecule has 1 heterocycles. The molecule has 0 bridgehead atoms. The zero-order valence-electron chi connectivity index (χ0n) is 10.7. The first-order valence-corrected chi connectivity index (χ1v) is 6.79. The Labute approximate surface area is 107 Å². The predicted octanol–water partition coefficient (Wildman–Crippen LogP) is 2.28. The molecule has 0 radical (unpaired) electrons. The number of fused-ring (bicyclic) bond motifs is 1. The van der Waals surface area contributed by atoms with E-state index in [-0.39, 0.29) is 11.7 Å². The summed E-state index contributed by atoms with van der Waals surface area (Å²) in [7, 11) is 0. The second-order valence-corrected chi connectivity index (χ2v) is 5.97. The number of rotatable bonds is 1. The molecule has 98 valence electrons. The maximum Gasteiger partial charge on any atom is 0.129 e. The highest BCUT2D eigenvalue weighted by Crippen LogP contribution is 2.48. The van der Waals surface area contributed by atoms with Gasteiger partial charge in [0.25, 0.3) is 0 Å². The summed E-state index contributed by atoms with van der Waals surface area (Å²) in [5.74, 6) is 0.777. The Morgan fingerprint density at radius 2 is 2.11 bits per heavy atom. The van der Waals surface area contributed by atoms with Gasteiger partial charge < -0.3 is 10.4 Å². The second-order valence-electron chi connectivity index (χ2n) is 5.97. The van der Waals surface area contributed by atoms with Crippen LogP contribution in [0.4, 0.5) is 4.39 Å². The number of nitrogens with one attached hydrogen (secondary N) is 1. The van der Waals surface area contributed by atoms with Gasteiger partial charge >= 0.3 is 0 Å². The molecule has 4 atom stereocenters. The van der Waals surface area contributed by atoms with Crippen molar-refractivity contribution in [1.29, 1.82) is 0 Å². The molecule has 1 aliphatic carbocycles. The summed E-state index contributed by atoms with van der Waals surface area (Å²) in [6.07, 6.45) is 1.80. The second kappa shape index (κ2) is 4.32. The van der Waals surface area contributed by atoms with E-state index < -0.39 is 5.60 Å². The van der Waals surface area contributed by atoms with Gasteiger partial charge in [0.2, 0.25) is 0 Å². The molecule has 1 aromatic carbocycles. The fraction of sp³-hybridized carbons (Fsp3) is 0.600. The van der Waals surface area contributed by atoms with Crippen LogP contribution in [0.25, 0.3) is 0 Å². The van der Waals surface area contributed by atoms with Gasteiger partial charge in [0, 0.05) is 18.0 Å². The fourth-order valence-electron chi connectivity index (χ4n) is 3.94. The van der Waals surface area contributed by atoms with E-state index in [1.165, 1.54) is 6.07 Å². The van der Waals surface area contributed by atoms with Crippen LogP contribution in [0.15, 0.2) is 24.3 Å². The number of benzene rings is 1.